The summed E-state index contributed by atoms with van der Waals surface area (Å²) in [5.41, 5.74) is 2.37. The number of amides is 1. The zero-order valence-electron chi connectivity index (χ0n) is 22.7. The molecular formula is C31H31ClFN5O3. The minimum Gasteiger partial charge on any atom is -0.507 e. The molecule has 0 spiro atoms. The van der Waals surface area contributed by atoms with Crippen LogP contribution in [0.3, 0.4) is 0 Å². The van der Waals surface area contributed by atoms with Crippen molar-refractivity contribution >= 4 is 34.8 Å². The molecule has 3 aliphatic rings. The predicted molar refractivity (Wildman–Crippen MR) is 157 cm³/mol. The molecule has 8 nitrogen and oxygen atoms in total. The highest BCUT2D eigenvalue weighted by atomic mass is 35.5. The Morgan fingerprint density at radius 3 is 2.63 bits per heavy atom. The number of phenolic OH excluding ortho intramolecular Hbond substituents is 1. The van der Waals surface area contributed by atoms with Gasteiger partial charge in [0.2, 0.25) is 12.3 Å². The molecule has 2 aliphatic heterocycles. The van der Waals surface area contributed by atoms with E-state index in [1.165, 1.54) is 24.3 Å². The van der Waals surface area contributed by atoms with Crippen LogP contribution in [0, 0.1) is 5.82 Å². The van der Waals surface area contributed by atoms with Crippen molar-refractivity contribution in [1.29, 1.82) is 0 Å². The van der Waals surface area contributed by atoms with Crippen molar-refractivity contribution in [2.75, 3.05) is 24.5 Å². The Morgan fingerprint density at radius 2 is 1.95 bits per heavy atom. The number of nitrogens with zero attached hydrogens (tertiary/aromatic N) is 5. The van der Waals surface area contributed by atoms with E-state index in [-0.39, 0.29) is 34.0 Å². The number of carbonyl (C=O) groups is 1. The maximum absolute atomic E-state index is 15.0. The molecule has 212 valence electrons. The quantitative estimate of drug-likeness (QED) is 0.404. The first-order valence-electron chi connectivity index (χ1n) is 13.8. The average Bonchev–Trinajstić information content (AvgIpc) is 2.92. The van der Waals surface area contributed by atoms with E-state index < -0.39 is 12.2 Å². The minimum absolute atomic E-state index is 0.0649. The Labute approximate surface area is 243 Å². The van der Waals surface area contributed by atoms with E-state index in [9.17, 15) is 15.0 Å². The van der Waals surface area contributed by atoms with Gasteiger partial charge in [-0.25, -0.2) is 14.4 Å². The van der Waals surface area contributed by atoms with E-state index in [4.69, 9.17) is 21.6 Å². The monoisotopic (exact) mass is 575 g/mol. The largest absolute Gasteiger partial charge is 0.507 e. The highest BCUT2D eigenvalue weighted by Crippen LogP contribution is 2.46. The number of hydrogen-bond acceptors (Lipinski definition) is 7. The van der Waals surface area contributed by atoms with Crippen LogP contribution < -0.4 is 4.90 Å². The maximum atomic E-state index is 15.0. The molecule has 2 N–H and O–H groups in total. The van der Waals surface area contributed by atoms with Crippen molar-refractivity contribution in [2.45, 2.75) is 44.5 Å². The topological polar surface area (TPSA) is 92.5 Å². The third-order valence-corrected chi connectivity index (χ3v) is 8.54. The fraction of sp³-hybridized carbons (Fsp3) is 0.323. The third kappa shape index (κ3) is 4.73. The van der Waals surface area contributed by atoms with E-state index >= 15 is 4.39 Å². The van der Waals surface area contributed by atoms with E-state index in [0.717, 1.165) is 30.5 Å². The molecule has 0 radical (unpaired) electrons. The highest BCUT2D eigenvalue weighted by molar-refractivity contribution is 6.33. The lowest BCUT2D eigenvalue weighted by atomic mass is 9.79. The van der Waals surface area contributed by atoms with Gasteiger partial charge < -0.3 is 20.0 Å². The van der Waals surface area contributed by atoms with Crippen LogP contribution in [-0.2, 0) is 4.79 Å². The number of carbonyl (C=O) groups excluding carboxylic acids is 1. The van der Waals surface area contributed by atoms with E-state index in [1.54, 1.807) is 15.9 Å². The van der Waals surface area contributed by atoms with Gasteiger partial charge in [-0.15, -0.1) is 0 Å². The molecule has 0 bridgehead atoms. The molecule has 1 amide bonds. The number of aromatic hydroxyl groups is 1. The Balaban J connectivity index is 1.51. The Bertz CT molecular complexity index is 1540. The number of aliphatic hydroxyl groups excluding tert-OH is 1. The van der Waals surface area contributed by atoms with Crippen molar-refractivity contribution in [3.63, 3.8) is 0 Å². The number of phenols is 1. The molecule has 1 saturated heterocycles. The molecule has 1 saturated carbocycles. The smallest absolute Gasteiger partial charge is 0.246 e. The second-order valence-corrected chi connectivity index (χ2v) is 11.1. The molecular weight excluding hydrogens is 545 g/mol. The van der Waals surface area contributed by atoms with Gasteiger partial charge in [-0.05, 0) is 61.6 Å². The molecule has 3 heterocycles. The SMILES string of the molecule is C=CC(=O)N1CCN(C2=NC(O)N(c3ccccc3C3CCC3)c3nc(-c4c(O)cccc4F)c(Cl)cc32)[C@@H](C)C1. The van der Waals surface area contributed by atoms with Gasteiger partial charge in [-0.1, -0.05) is 48.9 Å². The van der Waals surface area contributed by atoms with Gasteiger partial charge in [0.1, 0.15) is 23.2 Å². The van der Waals surface area contributed by atoms with Gasteiger partial charge in [0.05, 0.1) is 27.5 Å². The molecule has 10 heteroatoms. The molecule has 3 aromatic rings. The first kappa shape index (κ1) is 27.2. The average molecular weight is 576 g/mol. The number of amidine groups is 1. The van der Waals surface area contributed by atoms with Gasteiger partial charge in [0.15, 0.2) is 0 Å². The first-order chi connectivity index (χ1) is 19.8. The zero-order chi connectivity index (χ0) is 28.8. The lowest BCUT2D eigenvalue weighted by molar-refractivity contribution is -0.128. The number of aliphatic imine (C=N–C) groups is 1. The van der Waals surface area contributed by atoms with Crippen LogP contribution in [0.15, 0.2) is 66.2 Å². The number of anilines is 2. The lowest BCUT2D eigenvalue weighted by Crippen LogP contribution is -2.56. The van der Waals surface area contributed by atoms with Crippen LogP contribution in [0.5, 0.6) is 5.75 Å². The predicted octanol–water partition coefficient (Wildman–Crippen LogP) is 5.41. The number of hydrogen-bond donors (Lipinski definition) is 2. The molecule has 2 aromatic carbocycles. The van der Waals surface area contributed by atoms with Gasteiger partial charge in [0, 0.05) is 25.7 Å². The molecule has 41 heavy (non-hydrogen) atoms. The van der Waals surface area contributed by atoms with Crippen molar-refractivity contribution in [1.82, 2.24) is 14.8 Å². The fourth-order valence-corrected chi connectivity index (χ4v) is 6.18. The van der Waals surface area contributed by atoms with E-state index in [0.29, 0.717) is 42.8 Å². The summed E-state index contributed by atoms with van der Waals surface area (Å²) < 4.78 is 15.0. The number of aromatic nitrogens is 1. The maximum Gasteiger partial charge on any atom is 0.246 e. The number of piperazine rings is 1. The van der Waals surface area contributed by atoms with Crippen molar-refractivity contribution in [3.05, 3.63) is 83.2 Å². The van der Waals surface area contributed by atoms with E-state index in [2.05, 4.69) is 12.6 Å². The highest BCUT2D eigenvalue weighted by Gasteiger charge is 2.38. The van der Waals surface area contributed by atoms with Crippen LogP contribution in [0.1, 0.15) is 43.2 Å². The number of pyridine rings is 1. The number of para-hydroxylation sites is 1. The molecule has 2 atom stereocenters. The van der Waals surface area contributed by atoms with Crippen LogP contribution >= 0.6 is 11.6 Å². The molecule has 2 fully saturated rings. The van der Waals surface area contributed by atoms with Gasteiger partial charge >= 0.3 is 0 Å². The van der Waals surface area contributed by atoms with Gasteiger partial charge in [-0.2, -0.15) is 0 Å². The summed E-state index contributed by atoms with van der Waals surface area (Å²) >= 11 is 6.75. The third-order valence-electron chi connectivity index (χ3n) is 8.25. The summed E-state index contributed by atoms with van der Waals surface area (Å²) in [5, 5.41) is 22.3. The molecule has 6 rings (SSSR count). The summed E-state index contributed by atoms with van der Waals surface area (Å²) in [6.07, 6.45) is 3.23. The Kier molecular flexibility index (Phi) is 7.17. The van der Waals surface area contributed by atoms with E-state index in [1.807, 2.05) is 30.0 Å². The lowest BCUT2D eigenvalue weighted by Gasteiger charge is -2.44. The van der Waals surface area contributed by atoms with Crippen LogP contribution in [-0.4, -0.2) is 68.8 Å². The second kappa shape index (κ2) is 10.8. The summed E-state index contributed by atoms with van der Waals surface area (Å²) in [6.45, 7) is 6.95. The van der Waals surface area contributed by atoms with Crippen LogP contribution in [0.2, 0.25) is 5.02 Å². The normalized spacial score (nSPS) is 20.8. The summed E-state index contributed by atoms with van der Waals surface area (Å²) in [7, 11) is 0. The minimum atomic E-state index is -1.32. The van der Waals surface area contributed by atoms with Crippen molar-refractivity contribution in [2.24, 2.45) is 4.99 Å². The zero-order valence-corrected chi connectivity index (χ0v) is 23.4. The summed E-state index contributed by atoms with van der Waals surface area (Å²) in [4.78, 5) is 27.3. The number of halogens is 2. The number of fused-ring (bicyclic) bond motifs is 1. The Morgan fingerprint density at radius 1 is 1.17 bits per heavy atom. The molecule has 1 unspecified atom stereocenters. The van der Waals surface area contributed by atoms with Gasteiger partial charge in [0.25, 0.3) is 0 Å². The Hall–Kier alpha value is -3.95. The van der Waals surface area contributed by atoms with Crippen LogP contribution in [0.25, 0.3) is 11.3 Å². The summed E-state index contributed by atoms with van der Waals surface area (Å²) in [5.74, 6) is 0.102. The number of benzene rings is 2. The van der Waals surface area contributed by atoms with Crippen molar-refractivity contribution in [3.8, 4) is 17.0 Å². The molecule has 1 aliphatic carbocycles. The number of aliphatic hydroxyl groups is 1. The fourth-order valence-electron chi connectivity index (χ4n) is 5.94. The van der Waals surface area contributed by atoms with Crippen molar-refractivity contribution < 1.29 is 19.4 Å². The summed E-state index contributed by atoms with van der Waals surface area (Å²) in [6, 6.07) is 13.4. The first-order valence-corrected chi connectivity index (χ1v) is 14.2. The number of rotatable bonds is 4. The van der Waals surface area contributed by atoms with Crippen LogP contribution in [0.4, 0.5) is 15.9 Å². The molecule has 1 aromatic heterocycles. The van der Waals surface area contributed by atoms with Gasteiger partial charge in [-0.3, -0.25) is 9.69 Å². The standard InChI is InChI=1S/C31H31ClFN5O3/c1-3-26(40)36-14-15-37(18(2)17-36)29-21-16-22(32)28(27-23(33)11-7-13-25(27)39)34-30(21)38(31(41)35-29)24-12-5-4-10-20(24)19-8-6-9-19/h3-5,7,10-13,16,18-19,31,39,41H,1,6,8-9,14-15,17H2,2H3/t18-,31?/m0/s1. The second-order valence-electron chi connectivity index (χ2n) is 10.7.